The van der Waals surface area contributed by atoms with Gasteiger partial charge in [0.25, 0.3) is 5.91 Å². The quantitative estimate of drug-likeness (QED) is 0.587. The van der Waals surface area contributed by atoms with Gasteiger partial charge >= 0.3 is 5.97 Å². The van der Waals surface area contributed by atoms with E-state index in [1.165, 1.54) is 29.4 Å². The second-order valence-electron chi connectivity index (χ2n) is 6.19. The summed E-state index contributed by atoms with van der Waals surface area (Å²) < 4.78 is 18.9. The molecule has 0 spiro atoms. The number of aromatic nitrogens is 1. The van der Waals surface area contributed by atoms with Gasteiger partial charge in [0.2, 0.25) is 0 Å². The number of rotatable bonds is 6. The largest absolute Gasteiger partial charge is 0.451 e. The van der Waals surface area contributed by atoms with Crippen molar-refractivity contribution in [1.82, 2.24) is 9.88 Å². The Morgan fingerprint density at radius 3 is 2.50 bits per heavy atom. The molecule has 1 aromatic heterocycles. The van der Waals surface area contributed by atoms with Gasteiger partial charge in [0, 0.05) is 24.7 Å². The topological polar surface area (TPSA) is 59.5 Å². The van der Waals surface area contributed by atoms with Gasteiger partial charge in [0.1, 0.15) is 10.7 Å². The Bertz CT molecular complexity index is 988. The summed E-state index contributed by atoms with van der Waals surface area (Å²) in [6.07, 6.45) is 0. The summed E-state index contributed by atoms with van der Waals surface area (Å²) in [5, 5.41) is 0.730. The fourth-order valence-electron chi connectivity index (χ4n) is 2.63. The first-order chi connectivity index (χ1) is 13.5. The average molecular weight is 398 g/mol. The summed E-state index contributed by atoms with van der Waals surface area (Å²) >= 11 is 1.22. The first-order valence-corrected chi connectivity index (χ1v) is 9.44. The van der Waals surface area contributed by atoms with Crippen LogP contribution in [0.1, 0.15) is 20.2 Å². The van der Waals surface area contributed by atoms with Gasteiger partial charge in [-0.15, -0.1) is 11.3 Å². The Morgan fingerprint density at radius 1 is 1.11 bits per heavy atom. The molecule has 144 valence electrons. The number of benzene rings is 2. The van der Waals surface area contributed by atoms with Crippen molar-refractivity contribution >= 4 is 23.2 Å². The van der Waals surface area contributed by atoms with Crippen LogP contribution < -0.4 is 0 Å². The van der Waals surface area contributed by atoms with E-state index in [2.05, 4.69) is 4.98 Å². The van der Waals surface area contributed by atoms with E-state index in [0.29, 0.717) is 16.1 Å². The van der Waals surface area contributed by atoms with Gasteiger partial charge in [-0.2, -0.15) is 0 Å². The zero-order valence-corrected chi connectivity index (χ0v) is 16.3. The van der Waals surface area contributed by atoms with Crippen LogP contribution in [0.3, 0.4) is 0 Å². The molecule has 0 N–H and O–H groups in total. The number of esters is 1. The van der Waals surface area contributed by atoms with E-state index in [1.54, 1.807) is 25.1 Å². The number of nitrogens with zero attached hydrogens (tertiary/aromatic N) is 2. The Labute approximate surface area is 166 Å². The number of likely N-dealkylation sites (N-methyl/N-ethyl adjacent to an activating group) is 1. The number of halogens is 1. The molecule has 0 radical (unpaired) electrons. The van der Waals surface area contributed by atoms with Gasteiger partial charge in [-0.25, -0.2) is 14.2 Å². The van der Waals surface area contributed by atoms with Crippen LogP contribution in [0.15, 0.2) is 54.6 Å². The summed E-state index contributed by atoms with van der Waals surface area (Å²) in [6.45, 7) is 1.48. The van der Waals surface area contributed by atoms with Crippen molar-refractivity contribution in [2.24, 2.45) is 0 Å². The van der Waals surface area contributed by atoms with Crippen LogP contribution in [-0.2, 0) is 16.1 Å². The van der Waals surface area contributed by atoms with E-state index in [-0.39, 0.29) is 12.4 Å². The lowest BCUT2D eigenvalue weighted by Crippen LogP contribution is -2.31. The Morgan fingerprint density at radius 2 is 1.79 bits per heavy atom. The summed E-state index contributed by atoms with van der Waals surface area (Å²) in [5.74, 6) is -1.40. The van der Waals surface area contributed by atoms with Gasteiger partial charge in [0.05, 0.1) is 10.7 Å². The summed E-state index contributed by atoms with van der Waals surface area (Å²) in [7, 11) is 1.54. The van der Waals surface area contributed by atoms with E-state index in [9.17, 15) is 14.0 Å². The van der Waals surface area contributed by atoms with Gasteiger partial charge in [0.15, 0.2) is 6.61 Å². The third-order valence-electron chi connectivity index (χ3n) is 4.08. The molecule has 7 heteroatoms. The van der Waals surface area contributed by atoms with Crippen molar-refractivity contribution in [3.63, 3.8) is 0 Å². The van der Waals surface area contributed by atoms with Crippen LogP contribution >= 0.6 is 11.3 Å². The molecule has 0 saturated heterocycles. The van der Waals surface area contributed by atoms with E-state index in [1.807, 2.05) is 30.3 Å². The molecule has 0 aliphatic heterocycles. The van der Waals surface area contributed by atoms with Crippen LogP contribution in [0.5, 0.6) is 0 Å². The predicted octanol–water partition coefficient (Wildman–Crippen LogP) is 4.07. The monoisotopic (exact) mass is 398 g/mol. The summed E-state index contributed by atoms with van der Waals surface area (Å²) in [6, 6.07) is 15.6. The molecular formula is C21H19FN2O3S. The highest BCUT2D eigenvalue weighted by atomic mass is 32.1. The number of ether oxygens (including phenoxy) is 1. The number of hydrogen-bond donors (Lipinski definition) is 0. The normalized spacial score (nSPS) is 10.5. The number of hydrogen-bond acceptors (Lipinski definition) is 5. The molecule has 0 atom stereocenters. The van der Waals surface area contributed by atoms with Crippen LogP contribution in [0.4, 0.5) is 4.39 Å². The molecule has 2 aromatic carbocycles. The molecule has 0 aliphatic rings. The predicted molar refractivity (Wildman–Crippen MR) is 105 cm³/mol. The molecular weight excluding hydrogens is 379 g/mol. The fourth-order valence-corrected chi connectivity index (χ4v) is 3.47. The third kappa shape index (κ3) is 4.61. The van der Waals surface area contributed by atoms with Crippen LogP contribution in [0, 0.1) is 12.7 Å². The van der Waals surface area contributed by atoms with Gasteiger partial charge in [-0.3, -0.25) is 4.79 Å². The molecule has 28 heavy (non-hydrogen) atoms. The average Bonchev–Trinajstić information content (AvgIpc) is 3.10. The first kappa shape index (κ1) is 19.7. The minimum absolute atomic E-state index is 0.0952. The highest BCUT2D eigenvalue weighted by molar-refractivity contribution is 7.14. The number of aryl methyl sites for hydroxylation is 1. The zero-order chi connectivity index (χ0) is 20.1. The lowest BCUT2D eigenvalue weighted by molar-refractivity contribution is -0.133. The molecule has 1 amide bonds. The summed E-state index contributed by atoms with van der Waals surface area (Å²) in [5.41, 5.74) is 1.75. The van der Waals surface area contributed by atoms with Crippen LogP contribution in [0.25, 0.3) is 11.3 Å². The molecule has 5 nitrogen and oxygen atoms in total. The van der Waals surface area contributed by atoms with Crippen molar-refractivity contribution in [2.75, 3.05) is 13.7 Å². The Kier molecular flexibility index (Phi) is 6.16. The second kappa shape index (κ2) is 8.75. The highest BCUT2D eigenvalue weighted by Crippen LogP contribution is 2.28. The lowest BCUT2D eigenvalue weighted by Gasteiger charge is -2.17. The maximum absolute atomic E-state index is 13.7. The SMILES string of the molecule is Cc1nc(-c2ccccc2)c(C(=O)OCC(=O)N(C)Cc2ccccc2F)s1. The number of carbonyl (C=O) groups excluding carboxylic acids is 2. The number of thiazole rings is 1. The minimum atomic E-state index is -0.600. The van der Waals surface area contributed by atoms with Crippen molar-refractivity contribution in [3.05, 3.63) is 75.9 Å². The fraction of sp³-hybridized carbons (Fsp3) is 0.190. The van der Waals surface area contributed by atoms with Crippen molar-refractivity contribution in [2.45, 2.75) is 13.5 Å². The maximum atomic E-state index is 13.7. The Hall–Kier alpha value is -3.06. The molecule has 3 rings (SSSR count). The minimum Gasteiger partial charge on any atom is -0.451 e. The van der Waals surface area contributed by atoms with E-state index in [4.69, 9.17) is 4.74 Å². The standard InChI is InChI=1S/C21H19FN2O3S/c1-14-23-19(15-8-4-3-5-9-15)20(28-14)21(26)27-13-18(25)24(2)12-16-10-6-7-11-17(16)22/h3-11H,12-13H2,1-2H3. The molecule has 0 saturated carbocycles. The smallest absolute Gasteiger partial charge is 0.351 e. The maximum Gasteiger partial charge on any atom is 0.351 e. The summed E-state index contributed by atoms with van der Waals surface area (Å²) in [4.78, 5) is 30.9. The van der Waals surface area contributed by atoms with Crippen molar-refractivity contribution in [3.8, 4) is 11.3 Å². The Balaban J connectivity index is 1.64. The molecule has 0 unspecified atom stereocenters. The van der Waals surface area contributed by atoms with Crippen LogP contribution in [-0.4, -0.2) is 35.4 Å². The molecule has 1 heterocycles. The van der Waals surface area contributed by atoms with Gasteiger partial charge < -0.3 is 9.64 Å². The third-order valence-corrected chi connectivity index (χ3v) is 5.04. The molecule has 3 aromatic rings. The van der Waals surface area contributed by atoms with Crippen LogP contribution in [0.2, 0.25) is 0 Å². The van der Waals surface area contributed by atoms with Crippen molar-refractivity contribution in [1.29, 1.82) is 0 Å². The van der Waals surface area contributed by atoms with E-state index < -0.39 is 18.5 Å². The van der Waals surface area contributed by atoms with Gasteiger partial charge in [-0.1, -0.05) is 48.5 Å². The van der Waals surface area contributed by atoms with Crippen molar-refractivity contribution < 1.29 is 18.7 Å². The lowest BCUT2D eigenvalue weighted by atomic mass is 10.1. The number of amides is 1. The second-order valence-corrected chi connectivity index (χ2v) is 7.40. The molecule has 0 bridgehead atoms. The van der Waals surface area contributed by atoms with E-state index in [0.717, 1.165) is 10.6 Å². The zero-order valence-electron chi connectivity index (χ0n) is 15.5. The first-order valence-electron chi connectivity index (χ1n) is 8.63. The highest BCUT2D eigenvalue weighted by Gasteiger charge is 2.21. The number of carbonyl (C=O) groups is 2. The van der Waals surface area contributed by atoms with E-state index >= 15 is 0 Å². The molecule has 0 aliphatic carbocycles. The van der Waals surface area contributed by atoms with Gasteiger partial charge in [-0.05, 0) is 13.0 Å². The molecule has 0 fully saturated rings.